The highest BCUT2D eigenvalue weighted by molar-refractivity contribution is 6.12. The van der Waals surface area contributed by atoms with E-state index in [1.54, 1.807) is 50.1 Å². The Morgan fingerprint density at radius 2 is 2.07 bits per heavy atom. The number of anilines is 1. The van der Waals surface area contributed by atoms with Gasteiger partial charge in [0.2, 0.25) is 0 Å². The molecule has 0 bridgehead atoms. The Kier molecular flexibility index (Phi) is 4.78. The average molecular weight is 409 g/mol. The summed E-state index contributed by atoms with van der Waals surface area (Å²) in [6.07, 6.45) is 3.43. The van der Waals surface area contributed by atoms with Crippen LogP contribution in [0.15, 0.2) is 29.0 Å². The number of carbonyl (C=O) groups excluding carboxylic acids is 2. The molecule has 30 heavy (non-hydrogen) atoms. The molecule has 0 saturated carbocycles. The number of nitrogens with one attached hydrogen (secondary N) is 1. The smallest absolute Gasteiger partial charge is 0.327 e. The predicted molar refractivity (Wildman–Crippen MR) is 106 cm³/mol. The number of hydrogen-bond donors (Lipinski definition) is 1. The van der Waals surface area contributed by atoms with Crippen LogP contribution in [0.5, 0.6) is 0 Å². The van der Waals surface area contributed by atoms with E-state index in [1.807, 2.05) is 0 Å². The quantitative estimate of drug-likeness (QED) is 0.494. The molecule has 0 fully saturated rings. The van der Waals surface area contributed by atoms with Crippen LogP contribution in [0, 0.1) is 13.8 Å². The highest BCUT2D eigenvalue weighted by Crippen LogP contribution is 2.27. The maximum absolute atomic E-state index is 13.2. The fourth-order valence-electron chi connectivity index (χ4n) is 3.11. The number of fused-ring (bicyclic) bond motifs is 1. The number of hydrogen-bond acceptors (Lipinski definition) is 8. The Morgan fingerprint density at radius 3 is 2.77 bits per heavy atom. The molecule has 11 nitrogen and oxygen atoms in total. The molecule has 0 saturated heterocycles. The van der Waals surface area contributed by atoms with Crippen LogP contribution >= 0.6 is 0 Å². The van der Waals surface area contributed by atoms with E-state index in [9.17, 15) is 9.59 Å². The number of aryl methyl sites for hydroxylation is 3. The van der Waals surface area contributed by atoms with Gasteiger partial charge in [0.25, 0.3) is 11.6 Å². The van der Waals surface area contributed by atoms with Gasteiger partial charge in [-0.05, 0) is 19.9 Å². The first-order chi connectivity index (χ1) is 14.4. The minimum absolute atomic E-state index is 0.126. The van der Waals surface area contributed by atoms with Crippen LogP contribution in [-0.4, -0.2) is 48.7 Å². The van der Waals surface area contributed by atoms with Crippen molar-refractivity contribution in [2.24, 2.45) is 7.05 Å². The van der Waals surface area contributed by atoms with Gasteiger partial charge in [-0.25, -0.2) is 9.67 Å². The topological polar surface area (TPSA) is 130 Å². The predicted octanol–water partition coefficient (Wildman–Crippen LogP) is 1.86. The Bertz CT molecular complexity index is 1270. The van der Waals surface area contributed by atoms with E-state index in [0.29, 0.717) is 33.8 Å². The first kappa shape index (κ1) is 19.3. The molecule has 0 radical (unpaired) electrons. The van der Waals surface area contributed by atoms with Crippen molar-refractivity contribution in [3.63, 3.8) is 0 Å². The van der Waals surface area contributed by atoms with Crippen molar-refractivity contribution in [2.75, 3.05) is 12.4 Å². The van der Waals surface area contributed by atoms with E-state index in [2.05, 4.69) is 30.4 Å². The summed E-state index contributed by atoms with van der Waals surface area (Å²) >= 11 is 0. The summed E-state index contributed by atoms with van der Waals surface area (Å²) in [5.74, 6) is -0.525. The number of methoxy groups -OCH3 is 1. The molecule has 0 unspecified atom stereocenters. The third-order valence-corrected chi connectivity index (χ3v) is 4.51. The molecule has 1 amide bonds. The third kappa shape index (κ3) is 3.52. The molecule has 4 heterocycles. The number of ether oxygens (including phenoxy) is 1. The molecule has 0 aromatic carbocycles. The lowest BCUT2D eigenvalue weighted by Gasteiger charge is -2.09. The van der Waals surface area contributed by atoms with Gasteiger partial charge in [0, 0.05) is 24.9 Å². The van der Waals surface area contributed by atoms with Crippen LogP contribution in [0.2, 0.25) is 0 Å². The molecule has 0 aliphatic heterocycles. The summed E-state index contributed by atoms with van der Waals surface area (Å²) in [4.78, 5) is 29.3. The lowest BCUT2D eigenvalue weighted by atomic mass is 10.1. The SMILES string of the molecule is COC(=O)Cn1nc(C)cc1NC(=O)c1cc(-c2cnn(C)c2)nc2onc(C)c12. The lowest BCUT2D eigenvalue weighted by molar-refractivity contribution is -0.141. The van der Waals surface area contributed by atoms with E-state index < -0.39 is 11.9 Å². The zero-order chi connectivity index (χ0) is 21.4. The zero-order valence-corrected chi connectivity index (χ0v) is 16.8. The van der Waals surface area contributed by atoms with Crippen LogP contribution in [0.25, 0.3) is 22.4 Å². The Hall–Kier alpha value is -4.02. The number of rotatable bonds is 5. The minimum atomic E-state index is -0.478. The van der Waals surface area contributed by atoms with Gasteiger partial charge >= 0.3 is 5.97 Å². The number of amides is 1. The van der Waals surface area contributed by atoms with Gasteiger partial charge in [-0.15, -0.1) is 0 Å². The number of esters is 1. The van der Waals surface area contributed by atoms with Crippen molar-refractivity contribution >= 4 is 28.8 Å². The molecule has 0 aliphatic rings. The summed E-state index contributed by atoms with van der Waals surface area (Å²) in [5, 5.41) is 15.6. The van der Waals surface area contributed by atoms with Crippen LogP contribution < -0.4 is 5.32 Å². The summed E-state index contributed by atoms with van der Waals surface area (Å²) in [7, 11) is 3.08. The van der Waals surface area contributed by atoms with Gasteiger partial charge in [0.1, 0.15) is 12.4 Å². The summed E-state index contributed by atoms with van der Waals surface area (Å²) in [6.45, 7) is 3.37. The van der Waals surface area contributed by atoms with Crippen molar-refractivity contribution < 1.29 is 18.8 Å². The highest BCUT2D eigenvalue weighted by atomic mass is 16.5. The van der Waals surface area contributed by atoms with Crippen LogP contribution in [-0.2, 0) is 23.1 Å². The van der Waals surface area contributed by atoms with E-state index >= 15 is 0 Å². The first-order valence-electron chi connectivity index (χ1n) is 9.04. The summed E-state index contributed by atoms with van der Waals surface area (Å²) < 4.78 is 13.0. The molecular formula is C19H19N7O4. The molecule has 1 N–H and O–H groups in total. The summed E-state index contributed by atoms with van der Waals surface area (Å²) in [5.41, 5.74) is 3.02. The van der Waals surface area contributed by atoms with Crippen molar-refractivity contribution in [2.45, 2.75) is 20.4 Å². The number of pyridine rings is 1. The second-order valence-electron chi connectivity index (χ2n) is 6.76. The van der Waals surface area contributed by atoms with Gasteiger partial charge in [0.15, 0.2) is 0 Å². The van der Waals surface area contributed by atoms with E-state index in [4.69, 9.17) is 4.52 Å². The number of carbonyl (C=O) groups is 2. The second kappa shape index (κ2) is 7.43. The van der Waals surface area contributed by atoms with Crippen molar-refractivity contribution in [3.05, 3.63) is 41.5 Å². The molecule has 154 valence electrons. The Morgan fingerprint density at radius 1 is 1.27 bits per heavy atom. The maximum atomic E-state index is 13.2. The highest BCUT2D eigenvalue weighted by Gasteiger charge is 2.21. The van der Waals surface area contributed by atoms with Gasteiger partial charge in [-0.3, -0.25) is 14.3 Å². The number of aromatic nitrogens is 6. The molecule has 0 spiro atoms. The van der Waals surface area contributed by atoms with Gasteiger partial charge in [-0.2, -0.15) is 10.2 Å². The summed E-state index contributed by atoms with van der Waals surface area (Å²) in [6, 6.07) is 3.33. The second-order valence-corrected chi connectivity index (χ2v) is 6.76. The fraction of sp³-hybridized carbons (Fsp3) is 0.263. The lowest BCUT2D eigenvalue weighted by Crippen LogP contribution is -2.19. The largest absolute Gasteiger partial charge is 0.468 e. The monoisotopic (exact) mass is 409 g/mol. The molecule has 4 aromatic rings. The van der Waals surface area contributed by atoms with Crippen molar-refractivity contribution in [3.8, 4) is 11.3 Å². The van der Waals surface area contributed by atoms with Crippen molar-refractivity contribution in [1.82, 2.24) is 29.7 Å². The minimum Gasteiger partial charge on any atom is -0.468 e. The molecule has 0 atom stereocenters. The molecule has 4 aromatic heterocycles. The Labute approximate surface area is 170 Å². The van der Waals surface area contributed by atoms with Gasteiger partial charge in [-0.1, -0.05) is 5.16 Å². The third-order valence-electron chi connectivity index (χ3n) is 4.51. The number of nitrogens with zero attached hydrogens (tertiary/aromatic N) is 6. The van der Waals surface area contributed by atoms with Crippen LogP contribution in [0.4, 0.5) is 5.82 Å². The molecule has 11 heteroatoms. The zero-order valence-electron chi connectivity index (χ0n) is 16.8. The first-order valence-corrected chi connectivity index (χ1v) is 9.04. The average Bonchev–Trinajstić information content (AvgIpc) is 3.40. The van der Waals surface area contributed by atoms with E-state index in [0.717, 1.165) is 5.56 Å². The fourth-order valence-corrected chi connectivity index (χ4v) is 3.11. The van der Waals surface area contributed by atoms with Crippen LogP contribution in [0.1, 0.15) is 21.7 Å². The van der Waals surface area contributed by atoms with Crippen LogP contribution in [0.3, 0.4) is 0 Å². The van der Waals surface area contributed by atoms with E-state index in [1.165, 1.54) is 11.8 Å². The molecule has 0 aliphatic carbocycles. The normalized spacial score (nSPS) is 11.1. The maximum Gasteiger partial charge on any atom is 0.327 e. The van der Waals surface area contributed by atoms with E-state index in [-0.39, 0.29) is 12.3 Å². The van der Waals surface area contributed by atoms with Gasteiger partial charge < -0.3 is 14.6 Å². The van der Waals surface area contributed by atoms with Crippen molar-refractivity contribution in [1.29, 1.82) is 0 Å². The Balaban J connectivity index is 1.75. The molecular weight excluding hydrogens is 390 g/mol. The standard InChI is InChI=1S/C19H19N7O4/c1-10-5-15(26(23-10)9-16(27)29-4)22-18(28)13-6-14(12-7-20-25(3)8-12)21-19-17(13)11(2)24-30-19/h5-8H,9H2,1-4H3,(H,22,28). The van der Waals surface area contributed by atoms with Gasteiger partial charge in [0.05, 0.1) is 41.3 Å². The molecule has 4 rings (SSSR count).